The largest absolute Gasteiger partial charge is 0.292 e. The second-order valence-corrected chi connectivity index (χ2v) is 2.75. The maximum atomic E-state index is 10.9. The molecule has 10 heavy (non-hydrogen) atoms. The van der Waals surface area contributed by atoms with E-state index < -0.39 is 0 Å². The van der Waals surface area contributed by atoms with Gasteiger partial charge in [0.2, 0.25) is 0 Å². The Morgan fingerprint density at radius 2 is 2.00 bits per heavy atom. The van der Waals surface area contributed by atoms with Crippen LogP contribution in [0.4, 0.5) is 0 Å². The van der Waals surface area contributed by atoms with Crippen molar-refractivity contribution < 1.29 is 4.79 Å². The van der Waals surface area contributed by atoms with E-state index in [1.807, 2.05) is 18.2 Å². The molecule has 0 saturated carbocycles. The van der Waals surface area contributed by atoms with E-state index in [1.165, 1.54) is 0 Å². The lowest BCUT2D eigenvalue weighted by molar-refractivity contribution is 0.0961. The Bertz CT molecular complexity index is 293. The number of hydrogen-bond acceptors (Lipinski definition) is 1. The summed E-state index contributed by atoms with van der Waals surface area (Å²) in [4.78, 5) is 10.9. The third-order valence-corrected chi connectivity index (χ3v) is 2.16. The lowest BCUT2D eigenvalue weighted by Gasteiger charge is -2.21. The maximum absolute atomic E-state index is 10.9. The van der Waals surface area contributed by atoms with Crippen molar-refractivity contribution in [1.29, 1.82) is 0 Å². The normalized spacial score (nSPS) is 21.7. The van der Waals surface area contributed by atoms with Crippen LogP contribution in [0, 0.1) is 0 Å². The van der Waals surface area contributed by atoms with Crippen molar-refractivity contribution in [1.82, 2.24) is 0 Å². The third-order valence-electron chi connectivity index (χ3n) is 1.73. The molecule has 0 aromatic heterocycles. The first kappa shape index (κ1) is 5.93. The molecule has 0 spiro atoms. The van der Waals surface area contributed by atoms with E-state index in [0.717, 1.165) is 11.1 Å². The predicted molar refractivity (Wildman–Crippen MR) is 39.4 cm³/mol. The van der Waals surface area contributed by atoms with Crippen LogP contribution in [-0.4, -0.2) is 5.78 Å². The SMILES string of the molecule is O=C1c2ccccc2[C@H]1Cl. The number of fused-ring (bicyclic) bond motifs is 1. The quantitative estimate of drug-likeness (QED) is 0.521. The molecule has 0 saturated heterocycles. The highest BCUT2D eigenvalue weighted by molar-refractivity contribution is 6.38. The van der Waals surface area contributed by atoms with Crippen LogP contribution in [0.5, 0.6) is 0 Å². The first-order valence-electron chi connectivity index (χ1n) is 3.08. The molecule has 0 fully saturated rings. The Morgan fingerprint density at radius 3 is 2.70 bits per heavy atom. The summed E-state index contributed by atoms with van der Waals surface area (Å²) in [6.07, 6.45) is 0. The summed E-state index contributed by atoms with van der Waals surface area (Å²) < 4.78 is 0. The number of carbonyl (C=O) groups is 1. The fourth-order valence-corrected chi connectivity index (χ4v) is 1.45. The Hall–Kier alpha value is -0.820. The molecule has 0 amide bonds. The van der Waals surface area contributed by atoms with Crippen LogP contribution in [0.25, 0.3) is 0 Å². The fourth-order valence-electron chi connectivity index (χ4n) is 1.14. The van der Waals surface area contributed by atoms with Crippen molar-refractivity contribution in [2.45, 2.75) is 5.38 Å². The van der Waals surface area contributed by atoms with Gasteiger partial charge in [-0.1, -0.05) is 24.3 Å². The van der Waals surface area contributed by atoms with Gasteiger partial charge in [-0.25, -0.2) is 0 Å². The van der Waals surface area contributed by atoms with Gasteiger partial charge in [-0.3, -0.25) is 4.79 Å². The summed E-state index contributed by atoms with van der Waals surface area (Å²) in [5.41, 5.74) is 1.75. The molecule has 0 N–H and O–H groups in total. The highest BCUT2D eigenvalue weighted by atomic mass is 35.5. The Balaban J connectivity index is 2.60. The van der Waals surface area contributed by atoms with Crippen LogP contribution in [-0.2, 0) is 0 Å². The van der Waals surface area contributed by atoms with Crippen LogP contribution in [0.15, 0.2) is 24.3 Å². The van der Waals surface area contributed by atoms with Gasteiger partial charge < -0.3 is 0 Å². The molecular formula is C8H5ClO. The zero-order chi connectivity index (χ0) is 7.14. The van der Waals surface area contributed by atoms with E-state index in [2.05, 4.69) is 0 Å². The number of alkyl halides is 1. The number of ketones is 1. The first-order valence-corrected chi connectivity index (χ1v) is 3.51. The van der Waals surface area contributed by atoms with Crippen molar-refractivity contribution in [2.75, 3.05) is 0 Å². The van der Waals surface area contributed by atoms with Crippen LogP contribution in [0.3, 0.4) is 0 Å². The van der Waals surface area contributed by atoms with Gasteiger partial charge in [0.25, 0.3) is 0 Å². The van der Waals surface area contributed by atoms with Crippen molar-refractivity contribution in [2.24, 2.45) is 0 Å². The minimum atomic E-state index is -0.379. The minimum absolute atomic E-state index is 0.0530. The molecule has 0 heterocycles. The summed E-state index contributed by atoms with van der Waals surface area (Å²) in [5.74, 6) is 0.0530. The predicted octanol–water partition coefficient (Wildman–Crippen LogP) is 2.16. The van der Waals surface area contributed by atoms with E-state index in [-0.39, 0.29) is 11.2 Å². The van der Waals surface area contributed by atoms with Gasteiger partial charge in [0.05, 0.1) is 0 Å². The molecule has 1 aliphatic carbocycles. The molecule has 50 valence electrons. The van der Waals surface area contributed by atoms with E-state index in [0.29, 0.717) is 0 Å². The van der Waals surface area contributed by atoms with Gasteiger partial charge in [0.1, 0.15) is 5.38 Å². The van der Waals surface area contributed by atoms with Crippen molar-refractivity contribution in [3.05, 3.63) is 35.4 Å². The first-order chi connectivity index (χ1) is 4.80. The highest BCUT2D eigenvalue weighted by Gasteiger charge is 2.33. The van der Waals surface area contributed by atoms with Crippen LogP contribution >= 0.6 is 11.6 Å². The lowest BCUT2D eigenvalue weighted by atomic mass is 9.87. The summed E-state index contributed by atoms with van der Waals surface area (Å²) in [6, 6.07) is 7.42. The van der Waals surface area contributed by atoms with Gasteiger partial charge in [-0.05, 0) is 5.56 Å². The zero-order valence-electron chi connectivity index (χ0n) is 5.17. The summed E-state index contributed by atoms with van der Waals surface area (Å²) in [6.45, 7) is 0. The topological polar surface area (TPSA) is 17.1 Å². The van der Waals surface area contributed by atoms with E-state index in [4.69, 9.17) is 11.6 Å². The molecule has 2 heteroatoms. The van der Waals surface area contributed by atoms with Crippen LogP contribution in [0.1, 0.15) is 21.3 Å². The van der Waals surface area contributed by atoms with Crippen molar-refractivity contribution in [3.63, 3.8) is 0 Å². The monoisotopic (exact) mass is 152 g/mol. The van der Waals surface area contributed by atoms with Gasteiger partial charge in [-0.2, -0.15) is 0 Å². The highest BCUT2D eigenvalue weighted by Crippen LogP contribution is 2.37. The van der Waals surface area contributed by atoms with Crippen LogP contribution in [0.2, 0.25) is 0 Å². The Labute approximate surface area is 63.6 Å². The number of benzene rings is 1. The fraction of sp³-hybridized carbons (Fsp3) is 0.125. The van der Waals surface area contributed by atoms with Gasteiger partial charge in [0, 0.05) is 5.56 Å². The molecule has 0 bridgehead atoms. The summed E-state index contributed by atoms with van der Waals surface area (Å²) in [5, 5.41) is -0.379. The number of rotatable bonds is 0. The van der Waals surface area contributed by atoms with Gasteiger partial charge in [-0.15, -0.1) is 11.6 Å². The van der Waals surface area contributed by atoms with Crippen molar-refractivity contribution >= 4 is 17.4 Å². The average molecular weight is 153 g/mol. The van der Waals surface area contributed by atoms with Gasteiger partial charge in [0.15, 0.2) is 5.78 Å². The van der Waals surface area contributed by atoms with E-state index in [9.17, 15) is 4.79 Å². The Kier molecular flexibility index (Phi) is 1.08. The Morgan fingerprint density at radius 1 is 1.30 bits per heavy atom. The zero-order valence-corrected chi connectivity index (χ0v) is 5.93. The molecule has 1 nitrogen and oxygen atoms in total. The second kappa shape index (κ2) is 1.83. The van der Waals surface area contributed by atoms with Crippen molar-refractivity contribution in [3.8, 4) is 0 Å². The molecule has 0 radical (unpaired) electrons. The smallest absolute Gasteiger partial charge is 0.185 e. The van der Waals surface area contributed by atoms with Crippen LogP contribution < -0.4 is 0 Å². The molecular weight excluding hydrogens is 148 g/mol. The second-order valence-electron chi connectivity index (χ2n) is 2.31. The number of Topliss-reactive ketones (excluding diaryl/α,β-unsaturated/α-hetero) is 1. The molecule has 1 atom stereocenters. The molecule has 1 aromatic rings. The summed E-state index contributed by atoms with van der Waals surface area (Å²) in [7, 11) is 0. The molecule has 2 rings (SSSR count). The average Bonchev–Trinajstić information content (AvgIpc) is 2.03. The third kappa shape index (κ3) is 0.557. The van der Waals surface area contributed by atoms with E-state index >= 15 is 0 Å². The van der Waals surface area contributed by atoms with E-state index in [1.54, 1.807) is 6.07 Å². The van der Waals surface area contributed by atoms with Gasteiger partial charge >= 0.3 is 0 Å². The molecule has 1 aromatic carbocycles. The number of halogens is 1. The number of hydrogen-bond donors (Lipinski definition) is 0. The molecule has 1 aliphatic rings. The minimum Gasteiger partial charge on any atom is -0.292 e. The maximum Gasteiger partial charge on any atom is 0.185 e. The number of carbonyl (C=O) groups excluding carboxylic acids is 1. The lowest BCUT2D eigenvalue weighted by Crippen LogP contribution is -2.21. The molecule has 0 unspecified atom stereocenters. The summed E-state index contributed by atoms with van der Waals surface area (Å²) >= 11 is 5.68. The molecule has 0 aliphatic heterocycles. The standard InChI is InChI=1S/C8H5ClO/c9-7-5-3-1-2-4-6(5)8(7)10/h1-4,7H/t7-/m1/s1.